The third-order valence-electron chi connectivity index (χ3n) is 6.36. The third kappa shape index (κ3) is 9.20. The highest BCUT2D eigenvalue weighted by Crippen LogP contribution is 2.19. The summed E-state index contributed by atoms with van der Waals surface area (Å²) in [5, 5.41) is 34.0. The summed E-state index contributed by atoms with van der Waals surface area (Å²) in [6, 6.07) is 20.3. The molecule has 4 N–H and O–H groups in total. The molecule has 220 valence electrons. The van der Waals surface area contributed by atoms with E-state index in [2.05, 4.69) is 5.32 Å². The number of carbonyl (C=O) groups is 2. The van der Waals surface area contributed by atoms with Crippen molar-refractivity contribution >= 4 is 21.8 Å². The summed E-state index contributed by atoms with van der Waals surface area (Å²) < 4.78 is 35.9. The second-order valence-electron chi connectivity index (χ2n) is 9.36. The molecule has 0 aromatic heterocycles. The molecule has 3 atom stereocenters. The molecule has 0 saturated heterocycles. The summed E-state index contributed by atoms with van der Waals surface area (Å²) in [4.78, 5) is 25.8. The summed E-state index contributed by atoms with van der Waals surface area (Å²) in [5.74, 6) is -1.09. The highest BCUT2D eigenvalue weighted by Gasteiger charge is 2.31. The van der Waals surface area contributed by atoms with Gasteiger partial charge in [-0.15, -0.1) is 0 Å². The molecule has 0 radical (unpaired) electrons. The molecule has 41 heavy (non-hydrogen) atoms. The molecular weight excluding hydrogens is 552 g/mol. The lowest BCUT2D eigenvalue weighted by molar-refractivity contribution is -0.130. The average Bonchev–Trinajstić information content (AvgIpc) is 2.96. The minimum absolute atomic E-state index is 0.0585. The van der Waals surface area contributed by atoms with Crippen molar-refractivity contribution in [3.8, 4) is 11.5 Å². The summed E-state index contributed by atoms with van der Waals surface area (Å²) in [6.07, 6.45) is -4.55. The Balaban J connectivity index is 1.76. The molecule has 3 rings (SSSR count). The SMILES string of the molecule is COc1cccc(CN(C[C@@H](O)[C@H](Cc2ccccc2)NC(=O)C(O)CS(=O)(=O)c2cccc(OC)c2)C(=O)O)c1. The standard InChI is InChI=1S/C29H34N2O9S/c1-39-22-11-6-10-21(14-22)17-31(29(35)36)18-26(32)25(15-20-8-4-3-5-9-20)30-28(34)27(33)19-41(37,38)24-13-7-12-23(16-24)40-2/h3-14,16,25-27,32-33H,15,17-19H2,1-2H3,(H,30,34)(H,35,36)/t25-,26+,27?/m0/s1. The number of hydrogen-bond acceptors (Lipinski definition) is 8. The molecule has 0 bridgehead atoms. The zero-order valence-corrected chi connectivity index (χ0v) is 23.5. The maximum absolute atomic E-state index is 13.0. The Hall–Kier alpha value is -4.13. The number of nitrogens with zero attached hydrogens (tertiary/aromatic N) is 1. The van der Waals surface area contributed by atoms with Gasteiger partial charge in [0.2, 0.25) is 5.91 Å². The molecule has 2 amide bonds. The van der Waals surface area contributed by atoms with Crippen LogP contribution in [0.15, 0.2) is 83.8 Å². The zero-order chi connectivity index (χ0) is 30.0. The number of benzene rings is 3. The normalized spacial score (nSPS) is 13.5. The highest BCUT2D eigenvalue weighted by molar-refractivity contribution is 7.91. The van der Waals surface area contributed by atoms with Gasteiger partial charge < -0.3 is 35.0 Å². The number of carboxylic acid groups (broad SMARTS) is 1. The van der Waals surface area contributed by atoms with E-state index in [-0.39, 0.29) is 24.4 Å². The van der Waals surface area contributed by atoms with Crippen LogP contribution in [0.4, 0.5) is 4.79 Å². The first-order valence-corrected chi connectivity index (χ1v) is 14.4. The molecular formula is C29H34N2O9S. The fourth-order valence-electron chi connectivity index (χ4n) is 4.16. The van der Waals surface area contributed by atoms with Crippen molar-refractivity contribution in [3.05, 3.63) is 90.0 Å². The fraction of sp³-hybridized carbons (Fsp3) is 0.310. The van der Waals surface area contributed by atoms with E-state index in [1.165, 1.54) is 32.4 Å². The van der Waals surface area contributed by atoms with Crippen LogP contribution < -0.4 is 14.8 Å². The number of rotatable bonds is 14. The van der Waals surface area contributed by atoms with Gasteiger partial charge in [0.1, 0.15) is 17.6 Å². The third-order valence-corrected chi connectivity index (χ3v) is 8.08. The lowest BCUT2D eigenvalue weighted by atomic mass is 10.00. The fourth-order valence-corrected chi connectivity index (χ4v) is 5.50. The number of methoxy groups -OCH3 is 2. The van der Waals surface area contributed by atoms with E-state index in [1.807, 2.05) is 0 Å². The van der Waals surface area contributed by atoms with Crippen LogP contribution >= 0.6 is 0 Å². The topological polar surface area (TPSA) is 163 Å². The minimum Gasteiger partial charge on any atom is -0.497 e. The zero-order valence-electron chi connectivity index (χ0n) is 22.7. The van der Waals surface area contributed by atoms with Gasteiger partial charge in [0.25, 0.3) is 0 Å². The Morgan fingerprint density at radius 1 is 0.878 bits per heavy atom. The van der Waals surface area contributed by atoms with Gasteiger partial charge in [0.15, 0.2) is 9.84 Å². The monoisotopic (exact) mass is 586 g/mol. The predicted molar refractivity (Wildman–Crippen MR) is 151 cm³/mol. The van der Waals surface area contributed by atoms with Crippen LogP contribution in [-0.2, 0) is 27.6 Å². The summed E-state index contributed by atoms with van der Waals surface area (Å²) in [6.45, 7) is -0.431. The average molecular weight is 587 g/mol. The van der Waals surface area contributed by atoms with Crippen molar-refractivity contribution in [2.24, 2.45) is 0 Å². The lowest BCUT2D eigenvalue weighted by Crippen LogP contribution is -2.53. The molecule has 0 heterocycles. The minimum atomic E-state index is -4.07. The largest absolute Gasteiger partial charge is 0.497 e. The van der Waals surface area contributed by atoms with Gasteiger partial charge in [-0.25, -0.2) is 13.2 Å². The summed E-state index contributed by atoms with van der Waals surface area (Å²) in [5.41, 5.74) is 1.35. The molecule has 0 aliphatic rings. The highest BCUT2D eigenvalue weighted by atomic mass is 32.2. The van der Waals surface area contributed by atoms with E-state index >= 15 is 0 Å². The van der Waals surface area contributed by atoms with Crippen LogP contribution in [0.5, 0.6) is 11.5 Å². The Bertz CT molecular complexity index is 1420. The van der Waals surface area contributed by atoms with Gasteiger partial charge in [-0.3, -0.25) is 4.79 Å². The predicted octanol–water partition coefficient (Wildman–Crippen LogP) is 2.11. The van der Waals surface area contributed by atoms with Crippen LogP contribution in [0.25, 0.3) is 0 Å². The van der Waals surface area contributed by atoms with E-state index in [4.69, 9.17) is 9.47 Å². The Morgan fingerprint density at radius 3 is 2.12 bits per heavy atom. The number of amides is 2. The van der Waals surface area contributed by atoms with E-state index in [1.54, 1.807) is 60.7 Å². The van der Waals surface area contributed by atoms with Crippen molar-refractivity contribution < 1.29 is 42.8 Å². The number of ether oxygens (including phenoxy) is 2. The number of hydrogen-bond donors (Lipinski definition) is 4. The molecule has 11 nitrogen and oxygen atoms in total. The van der Waals surface area contributed by atoms with Crippen LogP contribution in [-0.4, -0.2) is 85.4 Å². The maximum Gasteiger partial charge on any atom is 0.407 e. The Labute approximate surface area is 238 Å². The van der Waals surface area contributed by atoms with Crippen molar-refractivity contribution in [2.75, 3.05) is 26.5 Å². The number of sulfone groups is 1. The first-order valence-electron chi connectivity index (χ1n) is 12.7. The van der Waals surface area contributed by atoms with Gasteiger partial charge in [0.05, 0.1) is 43.6 Å². The smallest absolute Gasteiger partial charge is 0.407 e. The Kier molecular flexibility index (Phi) is 11.1. The number of nitrogens with one attached hydrogen (secondary N) is 1. The molecule has 3 aromatic carbocycles. The Morgan fingerprint density at radius 2 is 1.49 bits per heavy atom. The van der Waals surface area contributed by atoms with Gasteiger partial charge in [0, 0.05) is 6.54 Å². The first-order chi connectivity index (χ1) is 19.5. The lowest BCUT2D eigenvalue weighted by Gasteiger charge is -2.29. The van der Waals surface area contributed by atoms with E-state index in [0.717, 1.165) is 10.5 Å². The van der Waals surface area contributed by atoms with Gasteiger partial charge >= 0.3 is 6.09 Å². The van der Waals surface area contributed by atoms with Crippen molar-refractivity contribution in [2.45, 2.75) is 36.1 Å². The van der Waals surface area contributed by atoms with Crippen LogP contribution in [0.2, 0.25) is 0 Å². The molecule has 1 unspecified atom stereocenters. The number of carbonyl (C=O) groups excluding carboxylic acids is 1. The van der Waals surface area contributed by atoms with Gasteiger partial charge in [-0.1, -0.05) is 48.5 Å². The van der Waals surface area contributed by atoms with Crippen LogP contribution in [0.3, 0.4) is 0 Å². The molecule has 0 saturated carbocycles. The van der Waals surface area contributed by atoms with Gasteiger partial charge in [-0.05, 0) is 47.9 Å². The van der Waals surface area contributed by atoms with E-state index < -0.39 is 45.8 Å². The second-order valence-corrected chi connectivity index (χ2v) is 11.4. The maximum atomic E-state index is 13.0. The number of aliphatic hydroxyl groups is 2. The molecule has 12 heteroatoms. The van der Waals surface area contributed by atoms with Crippen molar-refractivity contribution in [1.29, 1.82) is 0 Å². The molecule has 0 fully saturated rings. The van der Waals surface area contributed by atoms with Gasteiger partial charge in [-0.2, -0.15) is 0 Å². The molecule has 3 aromatic rings. The van der Waals surface area contributed by atoms with Crippen molar-refractivity contribution in [3.63, 3.8) is 0 Å². The number of aliphatic hydroxyl groups excluding tert-OH is 2. The van der Waals surface area contributed by atoms with Crippen LogP contribution in [0.1, 0.15) is 11.1 Å². The molecule has 0 spiro atoms. The van der Waals surface area contributed by atoms with Crippen molar-refractivity contribution in [1.82, 2.24) is 10.2 Å². The summed E-state index contributed by atoms with van der Waals surface area (Å²) >= 11 is 0. The first kappa shape index (κ1) is 31.4. The molecule has 0 aliphatic heterocycles. The summed E-state index contributed by atoms with van der Waals surface area (Å²) in [7, 11) is -1.20. The second kappa shape index (κ2) is 14.5. The van der Waals surface area contributed by atoms with Crippen LogP contribution in [0, 0.1) is 0 Å². The molecule has 0 aliphatic carbocycles. The quantitative estimate of drug-likeness (QED) is 0.222. The van der Waals surface area contributed by atoms with E-state index in [9.17, 15) is 33.3 Å². The van der Waals surface area contributed by atoms with E-state index in [0.29, 0.717) is 17.1 Å².